The molecule has 5 fully saturated rings. The first-order chi connectivity index (χ1) is 13.5. The van der Waals surface area contributed by atoms with Crippen LogP contribution in [0.5, 0.6) is 0 Å². The lowest BCUT2D eigenvalue weighted by molar-refractivity contribution is -0.162. The number of rotatable bonds is 5. The normalized spacial score (nSPS) is 44.6. The zero-order valence-corrected chi connectivity index (χ0v) is 17.2. The van der Waals surface area contributed by atoms with Crippen LogP contribution < -0.4 is 5.32 Å². The largest absolute Gasteiger partial charge is 0.314 e. The van der Waals surface area contributed by atoms with Crippen LogP contribution in [0.4, 0.5) is 4.39 Å². The molecule has 4 aliphatic carbocycles. The van der Waals surface area contributed by atoms with Gasteiger partial charge in [-0.25, -0.2) is 4.39 Å². The molecule has 5 aliphatic rings. The molecule has 0 aromatic heterocycles. The minimum absolute atomic E-state index is 0.0768. The first-order valence-electron chi connectivity index (χ1n) is 11.4. The van der Waals surface area contributed by atoms with Crippen LogP contribution in [0.1, 0.15) is 70.3 Å². The van der Waals surface area contributed by atoms with Gasteiger partial charge in [0, 0.05) is 18.4 Å². The summed E-state index contributed by atoms with van der Waals surface area (Å²) < 4.78 is 14.4. The van der Waals surface area contributed by atoms with Crippen molar-refractivity contribution < 1.29 is 9.18 Å². The van der Waals surface area contributed by atoms with Crippen molar-refractivity contribution in [1.29, 1.82) is 0 Å². The number of ketones is 1. The van der Waals surface area contributed by atoms with Gasteiger partial charge in [-0.1, -0.05) is 43.7 Å². The first-order valence-corrected chi connectivity index (χ1v) is 11.4. The van der Waals surface area contributed by atoms with E-state index in [1.807, 2.05) is 0 Å². The molecule has 3 heteroatoms. The highest BCUT2D eigenvalue weighted by Gasteiger charge is 2.65. The van der Waals surface area contributed by atoms with Gasteiger partial charge in [0.15, 0.2) is 0 Å². The number of benzene rings is 1. The van der Waals surface area contributed by atoms with E-state index in [-0.39, 0.29) is 16.7 Å². The molecule has 1 N–H and O–H groups in total. The van der Waals surface area contributed by atoms with E-state index < -0.39 is 6.17 Å². The fourth-order valence-electron chi connectivity index (χ4n) is 8.02. The van der Waals surface area contributed by atoms with Gasteiger partial charge >= 0.3 is 0 Å². The minimum atomic E-state index is -0.866. The topological polar surface area (TPSA) is 29.1 Å². The number of Topliss-reactive ketones (excluding diaryl/α,β-unsaturated/α-hetero) is 1. The highest BCUT2D eigenvalue weighted by Crippen LogP contribution is 2.71. The standard InChI is InChI=1S/C25H34FNO/c1-2-23-11-18-12-24(15-23,20-6-4-3-5-7-20)17-25(13-18,16-23)22(28)10-19-8-9-27-14-21(19)26/h3-7,18-19,21,27H,2,8-17H2,1H3/t18?,19-,21+,23+,24+,25?/m0/s1. The molecule has 1 saturated heterocycles. The lowest BCUT2D eigenvalue weighted by Crippen LogP contribution is -2.61. The van der Waals surface area contributed by atoms with Gasteiger partial charge in [0.05, 0.1) is 0 Å². The Hall–Kier alpha value is -1.22. The van der Waals surface area contributed by atoms with Crippen LogP contribution in [-0.4, -0.2) is 25.0 Å². The second-order valence-corrected chi connectivity index (χ2v) is 10.7. The smallest absolute Gasteiger partial charge is 0.139 e. The fraction of sp³-hybridized carbons (Fsp3) is 0.720. The molecular weight excluding hydrogens is 349 g/mol. The van der Waals surface area contributed by atoms with E-state index in [9.17, 15) is 9.18 Å². The second kappa shape index (κ2) is 6.65. The lowest BCUT2D eigenvalue weighted by atomic mass is 9.37. The third-order valence-electron chi connectivity index (χ3n) is 8.90. The predicted octanol–water partition coefficient (Wildman–Crippen LogP) is 5.21. The van der Waals surface area contributed by atoms with Crippen LogP contribution in [0.15, 0.2) is 30.3 Å². The van der Waals surface area contributed by atoms with Gasteiger partial charge in [0.1, 0.15) is 12.0 Å². The Morgan fingerprint density at radius 3 is 2.71 bits per heavy atom. The SMILES string of the molecule is CC[C@]12CC3CC(C(=O)C[C@@H]4CCNC[C@H]4F)(C1)C[C@@](c1ccccc1)(C3)C2. The molecule has 1 aromatic carbocycles. The third-order valence-corrected chi connectivity index (χ3v) is 8.90. The van der Waals surface area contributed by atoms with E-state index >= 15 is 0 Å². The van der Waals surface area contributed by atoms with Gasteiger partial charge in [-0.2, -0.15) is 0 Å². The van der Waals surface area contributed by atoms with E-state index in [1.54, 1.807) is 0 Å². The molecule has 1 aliphatic heterocycles. The van der Waals surface area contributed by atoms with Gasteiger partial charge < -0.3 is 5.32 Å². The molecule has 4 saturated carbocycles. The molecule has 0 spiro atoms. The van der Waals surface area contributed by atoms with Gasteiger partial charge in [0.2, 0.25) is 0 Å². The summed E-state index contributed by atoms with van der Waals surface area (Å²) in [6.07, 6.45) is 8.47. The fourth-order valence-corrected chi connectivity index (χ4v) is 8.02. The van der Waals surface area contributed by atoms with Crippen molar-refractivity contribution in [2.75, 3.05) is 13.1 Å². The van der Waals surface area contributed by atoms with Crippen molar-refractivity contribution in [3.05, 3.63) is 35.9 Å². The van der Waals surface area contributed by atoms with Crippen LogP contribution in [0.25, 0.3) is 0 Å². The zero-order valence-electron chi connectivity index (χ0n) is 17.2. The highest BCUT2D eigenvalue weighted by atomic mass is 19.1. The molecular formula is C25H34FNO. The molecule has 2 nitrogen and oxygen atoms in total. The monoisotopic (exact) mass is 383 g/mol. The van der Waals surface area contributed by atoms with E-state index in [2.05, 4.69) is 42.6 Å². The average molecular weight is 384 g/mol. The Balaban J connectivity index is 1.48. The Kier molecular flexibility index (Phi) is 4.46. The number of halogens is 1. The van der Waals surface area contributed by atoms with Gasteiger partial charge in [-0.15, -0.1) is 0 Å². The van der Waals surface area contributed by atoms with Gasteiger partial charge in [-0.05, 0) is 79.7 Å². The number of hydrogen-bond acceptors (Lipinski definition) is 2. The van der Waals surface area contributed by atoms with Gasteiger partial charge in [0.25, 0.3) is 0 Å². The van der Waals surface area contributed by atoms with E-state index in [1.165, 1.54) is 31.2 Å². The Bertz CT molecular complexity index is 750. The maximum absolute atomic E-state index is 14.4. The Labute approximate surface area is 168 Å². The van der Waals surface area contributed by atoms with Crippen LogP contribution in [0.3, 0.4) is 0 Å². The quantitative estimate of drug-likeness (QED) is 0.756. The summed E-state index contributed by atoms with van der Waals surface area (Å²) in [4.78, 5) is 13.8. The molecule has 0 amide bonds. The number of carbonyl (C=O) groups excluding carboxylic acids is 1. The molecule has 6 atom stereocenters. The first kappa shape index (κ1) is 18.8. The molecule has 152 valence electrons. The summed E-state index contributed by atoms with van der Waals surface area (Å²) in [5.41, 5.74) is 1.72. The number of alkyl halides is 1. The van der Waals surface area contributed by atoms with E-state index in [0.717, 1.165) is 32.2 Å². The van der Waals surface area contributed by atoms with Crippen LogP contribution in [0.2, 0.25) is 0 Å². The van der Waals surface area contributed by atoms with Crippen molar-refractivity contribution in [3.63, 3.8) is 0 Å². The van der Waals surface area contributed by atoms with Gasteiger partial charge in [-0.3, -0.25) is 4.79 Å². The average Bonchev–Trinajstić information content (AvgIpc) is 2.69. The Morgan fingerprint density at radius 2 is 1.96 bits per heavy atom. The van der Waals surface area contributed by atoms with E-state index in [4.69, 9.17) is 0 Å². The predicted molar refractivity (Wildman–Crippen MR) is 110 cm³/mol. The lowest BCUT2D eigenvalue weighted by Gasteiger charge is -2.66. The molecule has 28 heavy (non-hydrogen) atoms. The molecule has 4 bridgehead atoms. The molecule has 2 unspecified atom stereocenters. The zero-order chi connectivity index (χ0) is 19.4. The maximum Gasteiger partial charge on any atom is 0.139 e. The second-order valence-electron chi connectivity index (χ2n) is 10.7. The molecule has 1 aromatic rings. The summed E-state index contributed by atoms with van der Waals surface area (Å²) in [5.74, 6) is 0.978. The number of piperidine rings is 1. The number of carbonyl (C=O) groups is 1. The Morgan fingerprint density at radius 1 is 1.14 bits per heavy atom. The van der Waals surface area contributed by atoms with E-state index in [0.29, 0.717) is 30.1 Å². The molecule has 1 heterocycles. The number of hydrogen-bond donors (Lipinski definition) is 1. The summed E-state index contributed by atoms with van der Waals surface area (Å²) in [7, 11) is 0. The summed E-state index contributed by atoms with van der Waals surface area (Å²) in [5, 5.41) is 3.13. The third kappa shape index (κ3) is 2.88. The number of nitrogens with one attached hydrogen (secondary N) is 1. The van der Waals surface area contributed by atoms with Crippen molar-refractivity contribution >= 4 is 5.78 Å². The van der Waals surface area contributed by atoms with Crippen LogP contribution >= 0.6 is 0 Å². The molecule has 6 rings (SSSR count). The molecule has 0 radical (unpaired) electrons. The summed E-state index contributed by atoms with van der Waals surface area (Å²) in [6, 6.07) is 11.0. The minimum Gasteiger partial charge on any atom is -0.314 e. The van der Waals surface area contributed by atoms with Crippen molar-refractivity contribution in [3.8, 4) is 0 Å². The van der Waals surface area contributed by atoms with Crippen molar-refractivity contribution in [2.24, 2.45) is 22.7 Å². The van der Waals surface area contributed by atoms with Crippen LogP contribution in [-0.2, 0) is 10.2 Å². The maximum atomic E-state index is 14.4. The summed E-state index contributed by atoms with van der Waals surface area (Å²) >= 11 is 0. The highest BCUT2D eigenvalue weighted by molar-refractivity contribution is 5.86. The van der Waals surface area contributed by atoms with Crippen molar-refractivity contribution in [2.45, 2.75) is 76.3 Å². The van der Waals surface area contributed by atoms with Crippen LogP contribution in [0, 0.1) is 22.7 Å². The van der Waals surface area contributed by atoms with Crippen molar-refractivity contribution in [1.82, 2.24) is 5.32 Å². The summed E-state index contributed by atoms with van der Waals surface area (Å²) in [6.45, 7) is 3.59.